The third-order valence-corrected chi connectivity index (χ3v) is 3.72. The highest BCUT2D eigenvalue weighted by molar-refractivity contribution is 7.88. The molecule has 1 aromatic rings. The fourth-order valence-electron chi connectivity index (χ4n) is 1.57. The van der Waals surface area contributed by atoms with Crippen LogP contribution in [-0.2, 0) is 15.8 Å². The van der Waals surface area contributed by atoms with E-state index >= 15 is 0 Å². The van der Waals surface area contributed by atoms with Gasteiger partial charge in [0.25, 0.3) is 0 Å². The van der Waals surface area contributed by atoms with Crippen LogP contribution in [0.5, 0.6) is 0 Å². The van der Waals surface area contributed by atoms with E-state index in [0.717, 1.165) is 24.1 Å². The van der Waals surface area contributed by atoms with Crippen molar-refractivity contribution in [1.29, 1.82) is 0 Å². The van der Waals surface area contributed by atoms with Gasteiger partial charge in [0.2, 0.25) is 10.0 Å². The zero-order valence-electron chi connectivity index (χ0n) is 10.4. The van der Waals surface area contributed by atoms with Crippen molar-refractivity contribution < 1.29 is 8.42 Å². The van der Waals surface area contributed by atoms with E-state index in [1.54, 1.807) is 0 Å². The highest BCUT2D eigenvalue weighted by Gasteiger charge is 2.10. The number of aryl methyl sites for hydroxylation is 1. The zero-order chi connectivity index (χ0) is 12.7. The SMILES string of the molecule is CNCCCNS(=O)(=O)Cc1cccc(C)c1. The number of benzene rings is 1. The Bertz CT molecular complexity index is 444. The Morgan fingerprint density at radius 2 is 2.00 bits per heavy atom. The van der Waals surface area contributed by atoms with E-state index < -0.39 is 10.0 Å². The molecule has 17 heavy (non-hydrogen) atoms. The lowest BCUT2D eigenvalue weighted by molar-refractivity contribution is 0.576. The minimum atomic E-state index is -3.21. The van der Waals surface area contributed by atoms with Gasteiger partial charge in [0.15, 0.2) is 0 Å². The largest absolute Gasteiger partial charge is 0.320 e. The van der Waals surface area contributed by atoms with Crippen molar-refractivity contribution in [3.63, 3.8) is 0 Å². The molecule has 0 unspecified atom stereocenters. The molecule has 0 amide bonds. The maximum atomic E-state index is 11.7. The first kappa shape index (κ1) is 14.2. The molecule has 0 aliphatic rings. The Morgan fingerprint density at radius 1 is 1.24 bits per heavy atom. The molecule has 2 N–H and O–H groups in total. The molecule has 1 aromatic carbocycles. The quantitative estimate of drug-likeness (QED) is 0.716. The monoisotopic (exact) mass is 256 g/mol. The van der Waals surface area contributed by atoms with Crippen LogP contribution in [0.3, 0.4) is 0 Å². The van der Waals surface area contributed by atoms with Crippen LogP contribution in [0, 0.1) is 6.92 Å². The summed E-state index contributed by atoms with van der Waals surface area (Å²) in [6, 6.07) is 7.56. The number of sulfonamides is 1. The van der Waals surface area contributed by atoms with Gasteiger partial charge in [0, 0.05) is 6.54 Å². The van der Waals surface area contributed by atoms with Crippen LogP contribution in [0.25, 0.3) is 0 Å². The zero-order valence-corrected chi connectivity index (χ0v) is 11.2. The first-order valence-corrected chi connectivity index (χ1v) is 7.36. The van der Waals surface area contributed by atoms with E-state index in [2.05, 4.69) is 10.0 Å². The van der Waals surface area contributed by atoms with E-state index in [-0.39, 0.29) is 5.75 Å². The van der Waals surface area contributed by atoms with Crippen LogP contribution in [0.2, 0.25) is 0 Å². The lowest BCUT2D eigenvalue weighted by Crippen LogP contribution is -2.27. The molecule has 0 aliphatic carbocycles. The first-order chi connectivity index (χ1) is 8.03. The van der Waals surface area contributed by atoms with E-state index in [9.17, 15) is 8.42 Å². The number of hydrogen-bond donors (Lipinski definition) is 2. The fourth-order valence-corrected chi connectivity index (χ4v) is 2.74. The topological polar surface area (TPSA) is 58.2 Å². The summed E-state index contributed by atoms with van der Waals surface area (Å²) in [6.07, 6.45) is 0.795. The van der Waals surface area contributed by atoms with Crippen LogP contribution in [0.1, 0.15) is 17.5 Å². The molecule has 0 aromatic heterocycles. The van der Waals surface area contributed by atoms with Gasteiger partial charge in [-0.05, 0) is 32.5 Å². The maximum Gasteiger partial charge on any atom is 0.215 e. The van der Waals surface area contributed by atoms with Crippen molar-refractivity contribution in [2.45, 2.75) is 19.1 Å². The molecule has 0 bridgehead atoms. The van der Waals surface area contributed by atoms with E-state index in [1.807, 2.05) is 38.2 Å². The second-order valence-electron chi connectivity index (χ2n) is 4.10. The van der Waals surface area contributed by atoms with Crippen LogP contribution >= 0.6 is 0 Å². The van der Waals surface area contributed by atoms with Gasteiger partial charge >= 0.3 is 0 Å². The maximum absolute atomic E-state index is 11.7. The second kappa shape index (κ2) is 6.74. The molecular formula is C12H20N2O2S. The summed E-state index contributed by atoms with van der Waals surface area (Å²) in [5.74, 6) is 0.0498. The smallest absolute Gasteiger partial charge is 0.215 e. The number of hydrogen-bond acceptors (Lipinski definition) is 3. The Morgan fingerprint density at radius 3 is 2.65 bits per heavy atom. The van der Waals surface area contributed by atoms with Gasteiger partial charge in [-0.15, -0.1) is 0 Å². The highest BCUT2D eigenvalue weighted by Crippen LogP contribution is 2.07. The van der Waals surface area contributed by atoms with Crippen LogP contribution in [0.15, 0.2) is 24.3 Å². The third-order valence-electron chi connectivity index (χ3n) is 2.36. The summed E-state index contributed by atoms with van der Waals surface area (Å²) >= 11 is 0. The summed E-state index contributed by atoms with van der Waals surface area (Å²) in [5.41, 5.74) is 1.90. The molecule has 1 rings (SSSR count). The fraction of sp³-hybridized carbons (Fsp3) is 0.500. The Balaban J connectivity index is 2.49. The van der Waals surface area contributed by atoms with E-state index in [1.165, 1.54) is 0 Å². The second-order valence-corrected chi connectivity index (χ2v) is 5.91. The van der Waals surface area contributed by atoms with Crippen molar-refractivity contribution in [3.8, 4) is 0 Å². The average Bonchev–Trinajstić information content (AvgIpc) is 2.24. The summed E-state index contributed by atoms with van der Waals surface area (Å²) in [4.78, 5) is 0. The van der Waals surface area contributed by atoms with Crippen LogP contribution in [0.4, 0.5) is 0 Å². The van der Waals surface area contributed by atoms with Gasteiger partial charge in [-0.2, -0.15) is 0 Å². The van der Waals surface area contributed by atoms with Crippen LogP contribution < -0.4 is 10.0 Å². The first-order valence-electron chi connectivity index (χ1n) is 5.71. The Kier molecular flexibility index (Phi) is 5.61. The highest BCUT2D eigenvalue weighted by atomic mass is 32.2. The van der Waals surface area contributed by atoms with Gasteiger partial charge in [-0.3, -0.25) is 0 Å². The van der Waals surface area contributed by atoms with Gasteiger partial charge in [-0.25, -0.2) is 13.1 Å². The minimum absolute atomic E-state index is 0.0498. The summed E-state index contributed by atoms with van der Waals surface area (Å²) in [7, 11) is -1.36. The molecular weight excluding hydrogens is 236 g/mol. The number of rotatable bonds is 7. The molecule has 96 valence electrons. The molecule has 0 aliphatic heterocycles. The molecule has 0 radical (unpaired) electrons. The van der Waals surface area contributed by atoms with Crippen molar-refractivity contribution in [2.24, 2.45) is 0 Å². The Hall–Kier alpha value is -0.910. The minimum Gasteiger partial charge on any atom is -0.320 e. The number of nitrogens with one attached hydrogen (secondary N) is 2. The van der Waals surface area contributed by atoms with Gasteiger partial charge in [0.05, 0.1) is 5.75 Å². The lowest BCUT2D eigenvalue weighted by atomic mass is 10.2. The lowest BCUT2D eigenvalue weighted by Gasteiger charge is -2.07. The van der Waals surface area contributed by atoms with Gasteiger partial charge in [-0.1, -0.05) is 29.8 Å². The normalized spacial score (nSPS) is 11.6. The van der Waals surface area contributed by atoms with Gasteiger partial charge < -0.3 is 5.32 Å². The average molecular weight is 256 g/mol. The molecule has 0 heterocycles. The molecule has 0 saturated heterocycles. The molecule has 0 fully saturated rings. The molecule has 0 spiro atoms. The predicted octanol–water partition coefficient (Wildman–Crippen LogP) is 1.02. The summed E-state index contributed by atoms with van der Waals surface area (Å²) < 4.78 is 26.1. The molecule has 0 saturated carbocycles. The van der Waals surface area contributed by atoms with E-state index in [0.29, 0.717) is 6.54 Å². The van der Waals surface area contributed by atoms with Crippen molar-refractivity contribution in [1.82, 2.24) is 10.0 Å². The summed E-state index contributed by atoms with van der Waals surface area (Å²) in [5, 5.41) is 2.98. The molecule has 5 heteroatoms. The summed E-state index contributed by atoms with van der Waals surface area (Å²) in [6.45, 7) is 3.25. The van der Waals surface area contributed by atoms with Crippen molar-refractivity contribution in [3.05, 3.63) is 35.4 Å². The van der Waals surface area contributed by atoms with E-state index in [4.69, 9.17) is 0 Å². The molecule has 0 atom stereocenters. The van der Waals surface area contributed by atoms with Crippen LogP contribution in [-0.4, -0.2) is 28.6 Å². The van der Waals surface area contributed by atoms with Gasteiger partial charge in [0.1, 0.15) is 0 Å². The molecule has 4 nitrogen and oxygen atoms in total. The third kappa shape index (κ3) is 5.81. The standard InChI is InChI=1S/C12H20N2O2S/c1-11-5-3-6-12(9-11)10-17(15,16)14-8-4-7-13-2/h3,5-6,9,13-14H,4,7-8,10H2,1-2H3. The van der Waals surface area contributed by atoms with Crippen molar-refractivity contribution >= 4 is 10.0 Å². The van der Waals surface area contributed by atoms with Crippen molar-refractivity contribution in [2.75, 3.05) is 20.1 Å². The predicted molar refractivity (Wildman–Crippen MR) is 70.3 cm³/mol. The Labute approximate surface area is 103 Å².